The first-order valence-electron chi connectivity index (χ1n) is 8.61. The van der Waals surface area contributed by atoms with E-state index in [9.17, 15) is 14.4 Å². The zero-order chi connectivity index (χ0) is 20.5. The summed E-state index contributed by atoms with van der Waals surface area (Å²) in [5.41, 5.74) is 1.30. The van der Waals surface area contributed by atoms with Crippen LogP contribution in [-0.2, 0) is 9.59 Å². The van der Waals surface area contributed by atoms with Crippen LogP contribution in [0.15, 0.2) is 42.5 Å². The second kappa shape index (κ2) is 9.96. The maximum Gasteiger partial charge on any atom is 0.255 e. The molecule has 148 valence electrons. The molecule has 2 rings (SSSR count). The molecule has 2 aromatic rings. The molecule has 0 fully saturated rings. The van der Waals surface area contributed by atoms with Gasteiger partial charge < -0.3 is 25.4 Å². The van der Waals surface area contributed by atoms with Gasteiger partial charge in [0.05, 0.1) is 25.6 Å². The van der Waals surface area contributed by atoms with E-state index in [-0.39, 0.29) is 30.7 Å². The Morgan fingerprint density at radius 3 is 2.00 bits per heavy atom. The van der Waals surface area contributed by atoms with E-state index in [0.717, 1.165) is 0 Å². The van der Waals surface area contributed by atoms with E-state index >= 15 is 0 Å². The van der Waals surface area contributed by atoms with Crippen LogP contribution in [0.3, 0.4) is 0 Å². The van der Waals surface area contributed by atoms with Gasteiger partial charge in [-0.05, 0) is 12.1 Å². The molecule has 0 saturated heterocycles. The quantitative estimate of drug-likeness (QED) is 0.647. The van der Waals surface area contributed by atoms with Crippen LogP contribution in [0.1, 0.15) is 23.7 Å². The zero-order valence-electron chi connectivity index (χ0n) is 16.0. The second-order valence-electron chi connectivity index (χ2n) is 5.85. The van der Waals surface area contributed by atoms with Crippen LogP contribution in [0, 0.1) is 0 Å². The Labute approximate surface area is 163 Å². The second-order valence-corrected chi connectivity index (χ2v) is 5.85. The predicted octanol–water partition coefficient (Wildman–Crippen LogP) is 2.42. The third-order valence-electron chi connectivity index (χ3n) is 3.81. The van der Waals surface area contributed by atoms with Gasteiger partial charge in [-0.1, -0.05) is 18.2 Å². The largest absolute Gasteiger partial charge is 0.494 e. The lowest BCUT2D eigenvalue weighted by Gasteiger charge is -2.16. The summed E-state index contributed by atoms with van der Waals surface area (Å²) in [4.78, 5) is 35.4. The molecule has 0 spiro atoms. The van der Waals surface area contributed by atoms with Crippen LogP contribution in [0.2, 0.25) is 0 Å². The highest BCUT2D eigenvalue weighted by Gasteiger charge is 2.16. The Morgan fingerprint density at radius 2 is 1.46 bits per heavy atom. The molecule has 2 aromatic carbocycles. The Balaban J connectivity index is 2.17. The van der Waals surface area contributed by atoms with Crippen LogP contribution in [0.25, 0.3) is 0 Å². The van der Waals surface area contributed by atoms with Crippen molar-refractivity contribution in [3.63, 3.8) is 0 Å². The number of anilines is 2. The van der Waals surface area contributed by atoms with Crippen LogP contribution in [-0.4, -0.2) is 38.5 Å². The predicted molar refractivity (Wildman–Crippen MR) is 106 cm³/mol. The molecule has 8 nitrogen and oxygen atoms in total. The number of benzene rings is 2. The minimum absolute atomic E-state index is 0.109. The fourth-order valence-corrected chi connectivity index (χ4v) is 2.44. The number of methoxy groups -OCH3 is 2. The molecule has 0 aromatic heterocycles. The number of rotatable bonds is 8. The summed E-state index contributed by atoms with van der Waals surface area (Å²) in [6.07, 6.45) is 0.109. The lowest BCUT2D eigenvalue weighted by atomic mass is 10.2. The molecule has 0 atom stereocenters. The first-order chi connectivity index (χ1) is 13.4. The first kappa shape index (κ1) is 20.8. The molecule has 0 radical (unpaired) electrons. The van der Waals surface area contributed by atoms with Gasteiger partial charge in [-0.2, -0.15) is 0 Å². The molecule has 28 heavy (non-hydrogen) atoms. The summed E-state index contributed by atoms with van der Waals surface area (Å²) in [5, 5.41) is 8.05. The number of nitrogens with one attached hydrogen (secondary N) is 3. The van der Waals surface area contributed by atoms with Crippen LogP contribution in [0.4, 0.5) is 11.4 Å². The highest BCUT2D eigenvalue weighted by atomic mass is 16.5. The molecular weight excluding hydrogens is 362 g/mol. The van der Waals surface area contributed by atoms with Crippen molar-refractivity contribution in [1.82, 2.24) is 5.32 Å². The van der Waals surface area contributed by atoms with Crippen molar-refractivity contribution in [2.45, 2.75) is 13.3 Å². The van der Waals surface area contributed by atoms with Gasteiger partial charge in [0.25, 0.3) is 5.91 Å². The van der Waals surface area contributed by atoms with Crippen LogP contribution >= 0.6 is 0 Å². The summed E-state index contributed by atoms with van der Waals surface area (Å²) < 4.78 is 10.7. The Kier molecular flexibility index (Phi) is 7.38. The fraction of sp³-hybridized carbons (Fsp3) is 0.250. The van der Waals surface area contributed by atoms with Gasteiger partial charge in [0.2, 0.25) is 11.8 Å². The van der Waals surface area contributed by atoms with Gasteiger partial charge >= 0.3 is 0 Å². The number of amides is 3. The monoisotopic (exact) mass is 385 g/mol. The Hall–Kier alpha value is -3.55. The topological polar surface area (TPSA) is 106 Å². The molecule has 0 heterocycles. The number of carbonyl (C=O) groups excluding carboxylic acids is 3. The maximum atomic E-state index is 12.4. The SMILES string of the molecule is COc1cc(NC(=O)c2ccccc2)c(OC)cc1NC(=O)CCNC(C)=O. The molecule has 3 N–H and O–H groups in total. The molecule has 0 aliphatic heterocycles. The van der Waals surface area contributed by atoms with E-state index in [4.69, 9.17) is 9.47 Å². The molecule has 0 bridgehead atoms. The lowest BCUT2D eigenvalue weighted by molar-refractivity contribution is -0.119. The summed E-state index contributed by atoms with van der Waals surface area (Å²) in [6.45, 7) is 1.61. The van der Waals surface area contributed by atoms with E-state index in [1.807, 2.05) is 6.07 Å². The van der Waals surface area contributed by atoms with Gasteiger partial charge in [0.1, 0.15) is 11.5 Å². The van der Waals surface area contributed by atoms with Crippen molar-refractivity contribution in [3.05, 3.63) is 48.0 Å². The first-order valence-corrected chi connectivity index (χ1v) is 8.61. The molecule has 0 aliphatic rings. The highest BCUT2D eigenvalue weighted by molar-refractivity contribution is 6.05. The summed E-state index contributed by atoms with van der Waals surface area (Å²) in [6, 6.07) is 11.9. The average molecular weight is 385 g/mol. The van der Waals surface area contributed by atoms with Crippen LogP contribution in [0.5, 0.6) is 11.5 Å². The van der Waals surface area contributed by atoms with Crippen molar-refractivity contribution in [3.8, 4) is 11.5 Å². The standard InChI is InChI=1S/C20H23N3O5/c1-13(24)21-10-9-19(25)22-15-11-18(28-3)16(12-17(15)27-2)23-20(26)14-7-5-4-6-8-14/h4-8,11-12H,9-10H2,1-3H3,(H,21,24)(H,22,25)(H,23,26). The van der Waals surface area contributed by atoms with Gasteiger partial charge in [0, 0.05) is 37.6 Å². The molecular formula is C20H23N3O5. The Morgan fingerprint density at radius 1 is 0.893 bits per heavy atom. The summed E-state index contributed by atoms with van der Waals surface area (Å²) >= 11 is 0. The molecule has 0 aliphatic carbocycles. The summed E-state index contributed by atoms with van der Waals surface area (Å²) in [7, 11) is 2.92. The minimum atomic E-state index is -0.298. The molecule has 0 unspecified atom stereocenters. The normalized spacial score (nSPS) is 9.96. The maximum absolute atomic E-state index is 12.4. The Bertz CT molecular complexity index is 852. The number of hydrogen-bond acceptors (Lipinski definition) is 5. The number of carbonyl (C=O) groups is 3. The summed E-state index contributed by atoms with van der Waals surface area (Å²) in [5.74, 6) is -0.0759. The van der Waals surface area contributed by atoms with E-state index in [0.29, 0.717) is 28.4 Å². The van der Waals surface area contributed by atoms with E-state index < -0.39 is 0 Å². The highest BCUT2D eigenvalue weighted by Crippen LogP contribution is 2.36. The molecule has 3 amide bonds. The van der Waals surface area contributed by atoms with Gasteiger partial charge in [-0.3, -0.25) is 14.4 Å². The van der Waals surface area contributed by atoms with Crippen molar-refractivity contribution >= 4 is 29.1 Å². The molecule has 8 heteroatoms. The average Bonchev–Trinajstić information content (AvgIpc) is 2.69. The van der Waals surface area contributed by atoms with Crippen molar-refractivity contribution in [1.29, 1.82) is 0 Å². The van der Waals surface area contributed by atoms with Gasteiger partial charge in [0.15, 0.2) is 0 Å². The molecule has 0 saturated carbocycles. The third-order valence-corrected chi connectivity index (χ3v) is 3.81. The van der Waals surface area contributed by atoms with Crippen LogP contribution < -0.4 is 25.4 Å². The van der Waals surface area contributed by atoms with Crippen molar-refractivity contribution in [2.75, 3.05) is 31.4 Å². The van der Waals surface area contributed by atoms with E-state index in [2.05, 4.69) is 16.0 Å². The lowest BCUT2D eigenvalue weighted by Crippen LogP contribution is -2.25. The minimum Gasteiger partial charge on any atom is -0.494 e. The van der Waals surface area contributed by atoms with Crippen molar-refractivity contribution in [2.24, 2.45) is 0 Å². The smallest absolute Gasteiger partial charge is 0.255 e. The van der Waals surface area contributed by atoms with E-state index in [1.165, 1.54) is 21.1 Å². The van der Waals surface area contributed by atoms with Gasteiger partial charge in [-0.25, -0.2) is 0 Å². The number of ether oxygens (including phenoxy) is 2. The van der Waals surface area contributed by atoms with Crippen molar-refractivity contribution < 1.29 is 23.9 Å². The van der Waals surface area contributed by atoms with E-state index in [1.54, 1.807) is 36.4 Å². The number of hydrogen-bond donors (Lipinski definition) is 3. The fourth-order valence-electron chi connectivity index (χ4n) is 2.44. The van der Waals surface area contributed by atoms with Gasteiger partial charge in [-0.15, -0.1) is 0 Å². The zero-order valence-corrected chi connectivity index (χ0v) is 16.0. The third kappa shape index (κ3) is 5.73.